The molecule has 0 heterocycles. The number of hydrogen-bond donors (Lipinski definition) is 1. The molecule has 0 aliphatic heterocycles. The Morgan fingerprint density at radius 3 is 2.60 bits per heavy atom. The molecule has 35 heavy (non-hydrogen) atoms. The highest BCUT2D eigenvalue weighted by Crippen LogP contribution is 2.70. The number of fused-ring (bicyclic) bond motifs is 5. The van der Waals surface area contributed by atoms with Gasteiger partial charge in [0.05, 0.1) is 12.9 Å². The van der Waals surface area contributed by atoms with Gasteiger partial charge >= 0.3 is 0 Å². The Hall–Kier alpha value is -0.345. The molecule has 0 spiro atoms. The molecule has 7 unspecified atom stereocenters. The van der Waals surface area contributed by atoms with Crippen molar-refractivity contribution in [2.75, 3.05) is 6.61 Å². The van der Waals surface area contributed by atoms with Gasteiger partial charge in [-0.15, -0.1) is 0 Å². The molecule has 0 bridgehead atoms. The zero-order valence-electron chi connectivity index (χ0n) is 23.4. The molecule has 4 aliphatic carbocycles. The third kappa shape index (κ3) is 5.18. The predicted molar refractivity (Wildman–Crippen MR) is 152 cm³/mol. The van der Waals surface area contributed by atoms with Crippen LogP contribution in [0.1, 0.15) is 112 Å². The summed E-state index contributed by atoms with van der Waals surface area (Å²) in [7, 11) is 5.21. The van der Waals surface area contributed by atoms with Gasteiger partial charge in [-0.2, -0.15) is 12.6 Å². The van der Waals surface area contributed by atoms with Gasteiger partial charge in [0.15, 0.2) is 0 Å². The average Bonchev–Trinajstić information content (AvgIpc) is 3.16. The SMILES string of the molecule is [B]OC/C(C)=C/OC1CCC2(C)C(=CCC3(S)C2CCC2(C)C([C@H](C)CCCC(C)C)CCC23)C1. The molecule has 3 saturated carbocycles. The molecular weight excluding hydrogens is 447 g/mol. The standard InChI is InChI=1S/C31H51BO2S/c1-21(2)8-7-9-23(4)26-10-11-27-30(26,6)16-14-28-29(5)15-13-25(33-19-22(3)20-34-32)18-24(29)12-17-31(27,28)35/h12,19,21,23,25-28,35H,7-11,13-18,20H2,1-6H3/b22-19+/t23-,25?,26?,27?,28?,29?,30?,31?/m1/s1. The van der Waals surface area contributed by atoms with Crippen molar-refractivity contribution >= 4 is 20.7 Å². The monoisotopic (exact) mass is 498 g/mol. The smallest absolute Gasteiger partial charge is 0.283 e. The van der Waals surface area contributed by atoms with E-state index in [-0.39, 0.29) is 16.3 Å². The summed E-state index contributed by atoms with van der Waals surface area (Å²) in [5.41, 5.74) is 3.42. The van der Waals surface area contributed by atoms with Gasteiger partial charge in [-0.25, -0.2) is 0 Å². The second kappa shape index (κ2) is 10.8. The zero-order chi connectivity index (χ0) is 25.4. The molecule has 4 heteroatoms. The van der Waals surface area contributed by atoms with E-state index >= 15 is 0 Å². The van der Waals surface area contributed by atoms with E-state index in [1.165, 1.54) is 51.4 Å². The van der Waals surface area contributed by atoms with E-state index in [1.807, 2.05) is 13.2 Å². The maximum absolute atomic E-state index is 6.17. The molecular formula is C31H51BO2S. The van der Waals surface area contributed by atoms with E-state index in [1.54, 1.807) is 5.57 Å². The second-order valence-corrected chi connectivity index (χ2v) is 14.6. The normalized spacial score (nSPS) is 42.2. The van der Waals surface area contributed by atoms with Gasteiger partial charge in [0.2, 0.25) is 0 Å². The molecule has 196 valence electrons. The summed E-state index contributed by atoms with van der Waals surface area (Å²) in [6.07, 6.45) is 19.0. The highest BCUT2D eigenvalue weighted by Gasteiger charge is 2.64. The van der Waals surface area contributed by atoms with E-state index in [0.29, 0.717) is 17.9 Å². The number of rotatable bonds is 9. The molecule has 0 aromatic heterocycles. The summed E-state index contributed by atoms with van der Waals surface area (Å²) in [6, 6.07) is 0. The molecule has 8 atom stereocenters. The van der Waals surface area contributed by atoms with Gasteiger partial charge in [0.25, 0.3) is 8.05 Å². The summed E-state index contributed by atoms with van der Waals surface area (Å²) in [5.74, 6) is 3.99. The van der Waals surface area contributed by atoms with Gasteiger partial charge in [0, 0.05) is 11.2 Å². The first-order valence-electron chi connectivity index (χ1n) is 14.6. The van der Waals surface area contributed by atoms with Crippen molar-refractivity contribution in [3.05, 3.63) is 23.5 Å². The number of thiol groups is 1. The van der Waals surface area contributed by atoms with Gasteiger partial charge < -0.3 is 9.39 Å². The first-order valence-corrected chi connectivity index (χ1v) is 15.0. The Kier molecular flexibility index (Phi) is 8.54. The molecule has 3 fully saturated rings. The number of hydrogen-bond acceptors (Lipinski definition) is 3. The molecule has 0 aromatic carbocycles. The maximum Gasteiger partial charge on any atom is 0.283 e. The largest absolute Gasteiger partial charge is 0.498 e. The maximum atomic E-state index is 6.17. The van der Waals surface area contributed by atoms with Gasteiger partial charge in [-0.1, -0.05) is 65.5 Å². The van der Waals surface area contributed by atoms with Crippen LogP contribution < -0.4 is 0 Å². The number of allylic oxidation sites excluding steroid dienone is 1. The van der Waals surface area contributed by atoms with Crippen LogP contribution in [-0.2, 0) is 9.39 Å². The summed E-state index contributed by atoms with van der Waals surface area (Å²) >= 11 is 5.68. The van der Waals surface area contributed by atoms with Crippen molar-refractivity contribution in [3.63, 3.8) is 0 Å². The van der Waals surface area contributed by atoms with E-state index in [0.717, 1.165) is 48.5 Å². The predicted octanol–water partition coefficient (Wildman–Crippen LogP) is 8.47. The first-order chi connectivity index (χ1) is 16.5. The van der Waals surface area contributed by atoms with Crippen molar-refractivity contribution < 1.29 is 9.39 Å². The molecule has 4 aliphatic rings. The number of ether oxygens (including phenoxy) is 1. The van der Waals surface area contributed by atoms with Crippen LogP contribution in [0.2, 0.25) is 0 Å². The minimum Gasteiger partial charge on any atom is -0.498 e. The Bertz CT molecular complexity index is 808. The summed E-state index contributed by atoms with van der Waals surface area (Å²) in [6.45, 7) is 15.0. The van der Waals surface area contributed by atoms with Crippen LogP contribution in [0.3, 0.4) is 0 Å². The lowest BCUT2D eigenvalue weighted by Gasteiger charge is -2.63. The fourth-order valence-electron chi connectivity index (χ4n) is 9.23. The van der Waals surface area contributed by atoms with Gasteiger partial charge in [-0.3, -0.25) is 0 Å². The van der Waals surface area contributed by atoms with Crippen molar-refractivity contribution in [2.45, 2.75) is 123 Å². The summed E-state index contributed by atoms with van der Waals surface area (Å²) in [4.78, 5) is 0. The minimum absolute atomic E-state index is 0.153. The molecule has 2 radical (unpaired) electrons. The van der Waals surface area contributed by atoms with Crippen LogP contribution in [0, 0.1) is 40.4 Å². The highest BCUT2D eigenvalue weighted by molar-refractivity contribution is 7.81. The molecule has 2 nitrogen and oxygen atoms in total. The van der Waals surface area contributed by atoms with Crippen LogP contribution in [0.5, 0.6) is 0 Å². The van der Waals surface area contributed by atoms with Crippen LogP contribution in [0.25, 0.3) is 0 Å². The van der Waals surface area contributed by atoms with Gasteiger partial charge in [0.1, 0.15) is 6.10 Å². The van der Waals surface area contributed by atoms with Crippen LogP contribution in [0.15, 0.2) is 23.5 Å². The van der Waals surface area contributed by atoms with Crippen LogP contribution in [-0.4, -0.2) is 25.5 Å². The lowest BCUT2D eigenvalue weighted by Crippen LogP contribution is -2.59. The Balaban J connectivity index is 1.47. The van der Waals surface area contributed by atoms with Gasteiger partial charge in [-0.05, 0) is 97.9 Å². The Labute approximate surface area is 223 Å². The van der Waals surface area contributed by atoms with Crippen LogP contribution in [0.4, 0.5) is 0 Å². The van der Waals surface area contributed by atoms with Crippen LogP contribution >= 0.6 is 12.6 Å². The fourth-order valence-corrected chi connectivity index (χ4v) is 10.2. The molecule has 0 aromatic rings. The average molecular weight is 499 g/mol. The van der Waals surface area contributed by atoms with E-state index in [4.69, 9.17) is 30.1 Å². The Morgan fingerprint density at radius 2 is 1.89 bits per heavy atom. The highest BCUT2D eigenvalue weighted by atomic mass is 32.1. The minimum atomic E-state index is 0.153. The quantitative estimate of drug-likeness (QED) is 0.149. The van der Waals surface area contributed by atoms with E-state index in [9.17, 15) is 0 Å². The molecule has 0 amide bonds. The van der Waals surface area contributed by atoms with E-state index < -0.39 is 0 Å². The third-order valence-corrected chi connectivity index (χ3v) is 11.9. The summed E-state index contributed by atoms with van der Waals surface area (Å²) < 4.78 is 11.1. The Morgan fingerprint density at radius 1 is 1.11 bits per heavy atom. The first kappa shape index (κ1) is 27.7. The van der Waals surface area contributed by atoms with Crippen molar-refractivity contribution in [2.24, 2.45) is 40.4 Å². The second-order valence-electron chi connectivity index (χ2n) is 13.8. The summed E-state index contributed by atoms with van der Waals surface area (Å²) in [5, 5.41) is 0. The van der Waals surface area contributed by atoms with Crippen molar-refractivity contribution in [1.82, 2.24) is 0 Å². The molecule has 4 rings (SSSR count). The molecule has 0 N–H and O–H groups in total. The third-order valence-electron chi connectivity index (χ3n) is 11.1. The molecule has 0 saturated heterocycles. The lowest BCUT2D eigenvalue weighted by molar-refractivity contribution is -0.0402. The lowest BCUT2D eigenvalue weighted by atomic mass is 9.46. The zero-order valence-corrected chi connectivity index (χ0v) is 24.3. The fraction of sp³-hybridized carbons (Fsp3) is 0.871. The van der Waals surface area contributed by atoms with E-state index in [2.05, 4.69) is 40.7 Å². The van der Waals surface area contributed by atoms with Crippen molar-refractivity contribution in [3.8, 4) is 0 Å². The van der Waals surface area contributed by atoms with Crippen molar-refractivity contribution in [1.29, 1.82) is 0 Å². The topological polar surface area (TPSA) is 18.5 Å².